The van der Waals surface area contributed by atoms with Gasteiger partial charge in [-0.15, -0.1) is 12.4 Å². The van der Waals surface area contributed by atoms with E-state index < -0.39 is 6.10 Å². The third-order valence-corrected chi connectivity index (χ3v) is 2.91. The number of aromatic hydroxyl groups is 1. The maximum Gasteiger partial charge on any atom is 0.116 e. The molecule has 0 amide bonds. The number of hydrogen-bond acceptors (Lipinski definition) is 3. The molecule has 0 saturated heterocycles. The molecule has 0 bridgehead atoms. The molecule has 0 unspecified atom stereocenters. The summed E-state index contributed by atoms with van der Waals surface area (Å²) in [6, 6.07) is 2.99. The molecule has 3 nitrogen and oxygen atoms in total. The highest BCUT2D eigenvalue weighted by atomic mass is 35.5. The second kappa shape index (κ2) is 6.84. The minimum Gasteiger partial charge on any atom is -0.508 e. The van der Waals surface area contributed by atoms with E-state index in [0.29, 0.717) is 6.42 Å². The van der Waals surface area contributed by atoms with E-state index in [2.05, 4.69) is 0 Å². The lowest BCUT2D eigenvalue weighted by atomic mass is 9.91. The predicted octanol–water partition coefficient (Wildman–Crippen LogP) is 2.59. The number of phenols is 1. The maximum atomic E-state index is 9.90. The molecule has 1 aromatic rings. The van der Waals surface area contributed by atoms with E-state index in [9.17, 15) is 10.2 Å². The topological polar surface area (TPSA) is 66.5 Å². The second-order valence-corrected chi connectivity index (χ2v) is 4.38. The van der Waals surface area contributed by atoms with Crippen LogP contribution in [0.2, 0.25) is 0 Å². The number of rotatable bonds is 4. The van der Waals surface area contributed by atoms with Crippen molar-refractivity contribution < 1.29 is 10.2 Å². The Morgan fingerprint density at radius 3 is 2.12 bits per heavy atom. The summed E-state index contributed by atoms with van der Waals surface area (Å²) < 4.78 is 0. The van der Waals surface area contributed by atoms with E-state index in [1.54, 1.807) is 12.1 Å². The first-order valence-corrected chi connectivity index (χ1v) is 5.71. The van der Waals surface area contributed by atoms with Crippen LogP contribution in [0.25, 0.3) is 0 Å². The zero-order valence-electron chi connectivity index (χ0n) is 10.6. The number of nitrogens with two attached hydrogens (primary N) is 1. The zero-order chi connectivity index (χ0) is 12.3. The summed E-state index contributed by atoms with van der Waals surface area (Å²) in [7, 11) is 0. The van der Waals surface area contributed by atoms with Gasteiger partial charge in [-0.3, -0.25) is 0 Å². The molecule has 0 fully saturated rings. The van der Waals surface area contributed by atoms with Gasteiger partial charge in [0.15, 0.2) is 0 Å². The molecule has 4 heteroatoms. The molecule has 1 rings (SSSR count). The molecule has 0 aliphatic carbocycles. The largest absolute Gasteiger partial charge is 0.508 e. The van der Waals surface area contributed by atoms with Crippen molar-refractivity contribution >= 4 is 12.4 Å². The number of benzene rings is 1. The van der Waals surface area contributed by atoms with Crippen molar-refractivity contribution in [3.63, 3.8) is 0 Å². The molecular weight excluding hydrogens is 238 g/mol. The Hall–Kier alpha value is -0.770. The third kappa shape index (κ3) is 3.87. The number of phenolic OH excluding ortho intramolecular Hbond substituents is 1. The quantitative estimate of drug-likeness (QED) is 0.779. The highest BCUT2D eigenvalue weighted by Gasteiger charge is 2.20. The Bertz CT molecular complexity index is 345. The molecule has 0 aliphatic rings. The van der Waals surface area contributed by atoms with Crippen molar-refractivity contribution in [3.05, 3.63) is 28.8 Å². The van der Waals surface area contributed by atoms with Crippen LogP contribution >= 0.6 is 12.4 Å². The first-order chi connectivity index (χ1) is 7.47. The average Bonchev–Trinajstić information content (AvgIpc) is 2.16. The van der Waals surface area contributed by atoms with Crippen LogP contribution in [-0.2, 0) is 0 Å². The molecule has 0 saturated carbocycles. The Morgan fingerprint density at radius 2 is 1.71 bits per heavy atom. The summed E-state index contributed by atoms with van der Waals surface area (Å²) in [6.07, 6.45) is 1.08. The summed E-state index contributed by atoms with van der Waals surface area (Å²) in [6.45, 7) is 5.83. The summed E-state index contributed by atoms with van der Waals surface area (Å²) >= 11 is 0. The van der Waals surface area contributed by atoms with Crippen LogP contribution in [0.15, 0.2) is 12.1 Å². The Kier molecular flexibility index (Phi) is 6.53. The number of aliphatic hydroxyl groups is 1. The SMILES string of the molecule is CCC[C@@H](O)[C@@H](N)c1c(C)cc(O)cc1C.Cl. The first-order valence-electron chi connectivity index (χ1n) is 5.71. The Morgan fingerprint density at radius 1 is 1.24 bits per heavy atom. The van der Waals surface area contributed by atoms with E-state index in [1.165, 1.54) is 0 Å². The van der Waals surface area contributed by atoms with Crippen LogP contribution in [0.5, 0.6) is 5.75 Å². The zero-order valence-corrected chi connectivity index (χ0v) is 11.4. The number of aryl methyl sites for hydroxylation is 2. The van der Waals surface area contributed by atoms with Crippen molar-refractivity contribution in [3.8, 4) is 5.75 Å². The molecule has 0 spiro atoms. The highest BCUT2D eigenvalue weighted by Crippen LogP contribution is 2.27. The fourth-order valence-electron chi connectivity index (χ4n) is 2.15. The third-order valence-electron chi connectivity index (χ3n) is 2.91. The highest BCUT2D eigenvalue weighted by molar-refractivity contribution is 5.85. The van der Waals surface area contributed by atoms with Crippen molar-refractivity contribution in [1.29, 1.82) is 0 Å². The average molecular weight is 260 g/mol. The van der Waals surface area contributed by atoms with Crippen LogP contribution in [-0.4, -0.2) is 16.3 Å². The van der Waals surface area contributed by atoms with Crippen molar-refractivity contribution in [2.24, 2.45) is 5.73 Å². The van der Waals surface area contributed by atoms with Crippen molar-refractivity contribution in [2.75, 3.05) is 0 Å². The normalized spacial score (nSPS) is 13.9. The van der Waals surface area contributed by atoms with Gasteiger partial charge in [0.25, 0.3) is 0 Å². The summed E-state index contributed by atoms with van der Waals surface area (Å²) in [5.74, 6) is 0.246. The van der Waals surface area contributed by atoms with Gasteiger partial charge < -0.3 is 15.9 Å². The van der Waals surface area contributed by atoms with E-state index in [0.717, 1.165) is 23.1 Å². The molecule has 17 heavy (non-hydrogen) atoms. The molecule has 0 aliphatic heterocycles. The molecule has 1 aromatic carbocycles. The van der Waals surface area contributed by atoms with Gasteiger partial charge in [-0.25, -0.2) is 0 Å². The standard InChI is InChI=1S/C13H21NO2.ClH/c1-4-5-11(16)13(14)12-8(2)6-10(15)7-9(12)3;/h6-7,11,13,15-16H,4-5,14H2,1-3H3;1H/t11-,13-;/m1./s1. The van der Waals surface area contributed by atoms with Gasteiger partial charge in [0.05, 0.1) is 12.1 Å². The summed E-state index contributed by atoms with van der Waals surface area (Å²) in [5.41, 5.74) is 8.85. The molecular formula is C13H22ClNO2. The van der Waals surface area contributed by atoms with Crippen LogP contribution in [0.4, 0.5) is 0 Å². The van der Waals surface area contributed by atoms with E-state index >= 15 is 0 Å². The fourth-order valence-corrected chi connectivity index (χ4v) is 2.15. The monoisotopic (exact) mass is 259 g/mol. The second-order valence-electron chi connectivity index (χ2n) is 4.38. The van der Waals surface area contributed by atoms with Crippen LogP contribution in [0.3, 0.4) is 0 Å². The summed E-state index contributed by atoms with van der Waals surface area (Å²) in [5, 5.41) is 19.3. The Balaban J connectivity index is 0.00000256. The minimum absolute atomic E-state index is 0. The van der Waals surface area contributed by atoms with Gasteiger partial charge in [0.2, 0.25) is 0 Å². The first kappa shape index (κ1) is 16.2. The van der Waals surface area contributed by atoms with Crippen molar-refractivity contribution in [2.45, 2.75) is 45.8 Å². The van der Waals surface area contributed by atoms with E-state index in [4.69, 9.17) is 5.73 Å². The maximum absolute atomic E-state index is 9.90. The fraction of sp³-hybridized carbons (Fsp3) is 0.538. The number of aliphatic hydroxyl groups excluding tert-OH is 1. The molecule has 2 atom stereocenters. The molecule has 4 N–H and O–H groups in total. The van der Waals surface area contributed by atoms with Gasteiger partial charge in [0, 0.05) is 0 Å². The lowest BCUT2D eigenvalue weighted by molar-refractivity contribution is 0.134. The number of hydrogen-bond donors (Lipinski definition) is 3. The van der Waals surface area contributed by atoms with Gasteiger partial charge >= 0.3 is 0 Å². The predicted molar refractivity (Wildman–Crippen MR) is 72.7 cm³/mol. The van der Waals surface area contributed by atoms with Crippen LogP contribution in [0.1, 0.15) is 42.5 Å². The van der Waals surface area contributed by atoms with Gasteiger partial charge in [0.1, 0.15) is 5.75 Å². The molecule has 0 radical (unpaired) electrons. The summed E-state index contributed by atoms with van der Waals surface area (Å²) in [4.78, 5) is 0. The minimum atomic E-state index is -0.521. The van der Waals surface area contributed by atoms with E-state index in [-0.39, 0.29) is 24.2 Å². The van der Waals surface area contributed by atoms with Gasteiger partial charge in [-0.1, -0.05) is 13.3 Å². The molecule has 98 valence electrons. The van der Waals surface area contributed by atoms with Crippen LogP contribution < -0.4 is 5.73 Å². The smallest absolute Gasteiger partial charge is 0.116 e. The molecule has 0 heterocycles. The lowest BCUT2D eigenvalue weighted by Gasteiger charge is -2.22. The molecule has 0 aromatic heterocycles. The van der Waals surface area contributed by atoms with Crippen LogP contribution in [0, 0.1) is 13.8 Å². The lowest BCUT2D eigenvalue weighted by Crippen LogP contribution is -2.27. The van der Waals surface area contributed by atoms with Crippen molar-refractivity contribution in [1.82, 2.24) is 0 Å². The van der Waals surface area contributed by atoms with Gasteiger partial charge in [-0.05, 0) is 49.1 Å². The van der Waals surface area contributed by atoms with E-state index in [1.807, 2.05) is 20.8 Å². The number of halogens is 1. The van der Waals surface area contributed by atoms with Gasteiger partial charge in [-0.2, -0.15) is 0 Å². The Labute approximate surface area is 109 Å².